The number of likely N-dealkylation sites (tertiary alicyclic amines) is 1. The van der Waals surface area contributed by atoms with Crippen LogP contribution in [0.1, 0.15) is 12.8 Å². The van der Waals surface area contributed by atoms with E-state index < -0.39 is 0 Å². The standard InChI is InChI=1S/C5H10N2O2/c8-4-7-3-1-2-5(7)6-9/h5,8H,1-4H2. The molecule has 0 aromatic carbocycles. The SMILES string of the molecule is O=NC1CCCN1CO. The summed E-state index contributed by atoms with van der Waals surface area (Å²) in [5, 5.41) is 11.5. The van der Waals surface area contributed by atoms with Gasteiger partial charge < -0.3 is 5.11 Å². The zero-order valence-electron chi connectivity index (χ0n) is 5.16. The van der Waals surface area contributed by atoms with Crippen LogP contribution in [-0.4, -0.2) is 29.4 Å². The molecular weight excluding hydrogens is 120 g/mol. The van der Waals surface area contributed by atoms with Gasteiger partial charge in [0.1, 0.15) is 6.17 Å². The molecule has 1 saturated heterocycles. The highest BCUT2D eigenvalue weighted by molar-refractivity contribution is 4.73. The van der Waals surface area contributed by atoms with Crippen molar-refractivity contribution < 1.29 is 5.11 Å². The van der Waals surface area contributed by atoms with Gasteiger partial charge in [0.05, 0.1) is 6.73 Å². The number of rotatable bonds is 2. The molecule has 0 saturated carbocycles. The fourth-order valence-electron chi connectivity index (χ4n) is 1.09. The van der Waals surface area contributed by atoms with Gasteiger partial charge in [0.2, 0.25) is 0 Å². The van der Waals surface area contributed by atoms with E-state index in [0.717, 1.165) is 19.4 Å². The van der Waals surface area contributed by atoms with Crippen molar-refractivity contribution in [3.8, 4) is 0 Å². The third-order valence-corrected chi connectivity index (χ3v) is 1.63. The Morgan fingerprint density at radius 3 is 3.00 bits per heavy atom. The van der Waals surface area contributed by atoms with Crippen LogP contribution in [-0.2, 0) is 0 Å². The van der Waals surface area contributed by atoms with Crippen LogP contribution in [0.15, 0.2) is 5.18 Å². The Labute approximate surface area is 53.4 Å². The first-order valence-electron chi connectivity index (χ1n) is 3.06. The topological polar surface area (TPSA) is 52.9 Å². The van der Waals surface area contributed by atoms with Gasteiger partial charge in [-0.2, -0.15) is 0 Å². The molecule has 52 valence electrons. The number of nitrogens with zero attached hydrogens (tertiary/aromatic N) is 2. The van der Waals surface area contributed by atoms with E-state index in [2.05, 4.69) is 5.18 Å². The van der Waals surface area contributed by atoms with Gasteiger partial charge in [0.15, 0.2) is 0 Å². The monoisotopic (exact) mass is 130 g/mol. The normalized spacial score (nSPS) is 28.8. The van der Waals surface area contributed by atoms with Crippen LogP contribution in [0.5, 0.6) is 0 Å². The maximum Gasteiger partial charge on any atom is 0.146 e. The van der Waals surface area contributed by atoms with E-state index in [-0.39, 0.29) is 12.9 Å². The number of aliphatic hydroxyl groups excluding tert-OH is 1. The molecular formula is C5H10N2O2. The maximum atomic E-state index is 9.97. The van der Waals surface area contributed by atoms with Crippen molar-refractivity contribution in [2.75, 3.05) is 13.3 Å². The Hall–Kier alpha value is -0.480. The second-order valence-corrected chi connectivity index (χ2v) is 2.18. The molecule has 9 heavy (non-hydrogen) atoms. The summed E-state index contributed by atoms with van der Waals surface area (Å²) in [6.07, 6.45) is 1.50. The summed E-state index contributed by atoms with van der Waals surface area (Å²) in [4.78, 5) is 11.6. The van der Waals surface area contributed by atoms with E-state index in [1.807, 2.05) is 0 Å². The summed E-state index contributed by atoms with van der Waals surface area (Å²) >= 11 is 0. The van der Waals surface area contributed by atoms with Crippen molar-refractivity contribution in [3.63, 3.8) is 0 Å². The summed E-state index contributed by atoms with van der Waals surface area (Å²) in [5.74, 6) is 0. The van der Waals surface area contributed by atoms with Crippen molar-refractivity contribution in [3.05, 3.63) is 4.91 Å². The van der Waals surface area contributed by atoms with Gasteiger partial charge in [-0.3, -0.25) is 4.90 Å². The Morgan fingerprint density at radius 1 is 1.78 bits per heavy atom. The third-order valence-electron chi connectivity index (χ3n) is 1.63. The maximum absolute atomic E-state index is 9.97. The summed E-state index contributed by atoms with van der Waals surface area (Å²) in [5.41, 5.74) is 0. The Balaban J connectivity index is 2.41. The molecule has 1 fully saturated rings. The lowest BCUT2D eigenvalue weighted by Gasteiger charge is -2.13. The van der Waals surface area contributed by atoms with Crippen molar-refractivity contribution in [1.82, 2.24) is 4.90 Å². The first-order valence-corrected chi connectivity index (χ1v) is 3.06. The van der Waals surface area contributed by atoms with Crippen LogP contribution >= 0.6 is 0 Å². The van der Waals surface area contributed by atoms with E-state index >= 15 is 0 Å². The average Bonchev–Trinajstić information content (AvgIpc) is 2.33. The number of hydrogen-bond donors (Lipinski definition) is 1. The van der Waals surface area contributed by atoms with E-state index in [9.17, 15) is 4.91 Å². The van der Waals surface area contributed by atoms with Crippen LogP contribution in [0.2, 0.25) is 0 Å². The van der Waals surface area contributed by atoms with Gasteiger partial charge in [-0.05, 0) is 12.8 Å². The molecule has 4 nitrogen and oxygen atoms in total. The molecule has 0 aromatic heterocycles. The summed E-state index contributed by atoms with van der Waals surface area (Å²) in [6.45, 7) is 0.753. The molecule has 0 radical (unpaired) electrons. The lowest BCUT2D eigenvalue weighted by atomic mass is 10.3. The highest BCUT2D eigenvalue weighted by Gasteiger charge is 2.23. The molecule has 1 atom stereocenters. The molecule has 1 rings (SSSR count). The van der Waals surface area contributed by atoms with Crippen molar-refractivity contribution in [2.45, 2.75) is 19.0 Å². The van der Waals surface area contributed by atoms with E-state index in [4.69, 9.17) is 5.11 Å². The lowest BCUT2D eigenvalue weighted by Crippen LogP contribution is -2.28. The summed E-state index contributed by atoms with van der Waals surface area (Å²) in [7, 11) is 0. The fourth-order valence-corrected chi connectivity index (χ4v) is 1.09. The minimum absolute atomic E-state index is 0.0452. The quantitative estimate of drug-likeness (QED) is 0.540. The molecule has 0 aliphatic carbocycles. The third kappa shape index (κ3) is 1.25. The van der Waals surface area contributed by atoms with E-state index in [1.54, 1.807) is 4.90 Å². The van der Waals surface area contributed by atoms with E-state index in [0.29, 0.717) is 0 Å². The smallest absolute Gasteiger partial charge is 0.146 e. The van der Waals surface area contributed by atoms with Crippen molar-refractivity contribution in [1.29, 1.82) is 0 Å². The van der Waals surface area contributed by atoms with Crippen molar-refractivity contribution >= 4 is 0 Å². The molecule has 0 aromatic rings. The van der Waals surface area contributed by atoms with Gasteiger partial charge in [-0.25, -0.2) is 0 Å². The molecule has 0 spiro atoms. The average molecular weight is 130 g/mol. The Bertz CT molecular complexity index is 107. The zero-order chi connectivity index (χ0) is 6.69. The van der Waals surface area contributed by atoms with Crippen LogP contribution in [0, 0.1) is 4.91 Å². The van der Waals surface area contributed by atoms with Gasteiger partial charge >= 0.3 is 0 Å². The molecule has 4 heteroatoms. The number of nitroso groups, excluding NO2 is 1. The Kier molecular flexibility index (Phi) is 2.13. The molecule has 1 aliphatic heterocycles. The number of hydrogen-bond acceptors (Lipinski definition) is 4. The fraction of sp³-hybridized carbons (Fsp3) is 1.00. The first kappa shape index (κ1) is 6.64. The van der Waals surface area contributed by atoms with Crippen LogP contribution < -0.4 is 0 Å². The van der Waals surface area contributed by atoms with Crippen LogP contribution in [0.3, 0.4) is 0 Å². The highest BCUT2D eigenvalue weighted by Crippen LogP contribution is 2.15. The van der Waals surface area contributed by atoms with Gasteiger partial charge in [0.25, 0.3) is 0 Å². The largest absolute Gasteiger partial charge is 0.381 e. The second kappa shape index (κ2) is 2.89. The Morgan fingerprint density at radius 2 is 2.56 bits per heavy atom. The molecule has 1 heterocycles. The second-order valence-electron chi connectivity index (χ2n) is 2.18. The van der Waals surface area contributed by atoms with E-state index in [1.165, 1.54) is 0 Å². The van der Waals surface area contributed by atoms with Crippen molar-refractivity contribution in [2.24, 2.45) is 5.18 Å². The molecule has 1 N–H and O–H groups in total. The summed E-state index contributed by atoms with van der Waals surface area (Å²) < 4.78 is 0. The lowest BCUT2D eigenvalue weighted by molar-refractivity contribution is 0.0988. The number of aliphatic hydroxyl groups is 1. The molecule has 0 bridgehead atoms. The molecule has 1 aliphatic rings. The van der Waals surface area contributed by atoms with Gasteiger partial charge in [-0.1, -0.05) is 5.18 Å². The van der Waals surface area contributed by atoms with Gasteiger partial charge in [-0.15, -0.1) is 4.91 Å². The first-order chi connectivity index (χ1) is 4.38. The van der Waals surface area contributed by atoms with Gasteiger partial charge in [0, 0.05) is 6.54 Å². The minimum Gasteiger partial charge on any atom is -0.381 e. The highest BCUT2D eigenvalue weighted by atomic mass is 16.3. The molecule has 1 unspecified atom stereocenters. The zero-order valence-corrected chi connectivity index (χ0v) is 5.16. The molecule has 0 amide bonds. The predicted molar refractivity (Wildman–Crippen MR) is 32.6 cm³/mol. The summed E-state index contributed by atoms with van der Waals surface area (Å²) in [6, 6.07) is 0. The van der Waals surface area contributed by atoms with Crippen LogP contribution in [0.25, 0.3) is 0 Å². The minimum atomic E-state index is -0.269. The predicted octanol–water partition coefficient (Wildman–Crippen LogP) is 0.125. The van der Waals surface area contributed by atoms with Crippen LogP contribution in [0.4, 0.5) is 0 Å².